The zero-order chi connectivity index (χ0) is 13.5. The average Bonchev–Trinajstić information content (AvgIpc) is 3.01. The van der Waals surface area contributed by atoms with Crippen LogP contribution in [0.1, 0.15) is 12.8 Å². The van der Waals surface area contributed by atoms with Gasteiger partial charge in [-0.05, 0) is 37.1 Å². The number of nitrogens with one attached hydrogen (secondary N) is 1. The fourth-order valence-electron chi connectivity index (χ4n) is 3.15. The Morgan fingerprint density at radius 1 is 0.900 bits per heavy atom. The van der Waals surface area contributed by atoms with Gasteiger partial charge >= 0.3 is 0 Å². The quantitative estimate of drug-likeness (QED) is 0.685. The molecule has 0 atom stereocenters. The molecule has 1 fully saturated rings. The maximum absolute atomic E-state index is 12.6. The van der Waals surface area contributed by atoms with Gasteiger partial charge in [-0.3, -0.25) is 4.79 Å². The lowest BCUT2D eigenvalue weighted by molar-refractivity contribution is 0.949. The van der Waals surface area contributed by atoms with Crippen LogP contribution in [0.15, 0.2) is 47.3 Å². The molecule has 0 saturated carbocycles. The number of fused-ring (bicyclic) bond motifs is 2. The van der Waals surface area contributed by atoms with Crippen molar-refractivity contribution in [3.63, 3.8) is 0 Å². The van der Waals surface area contributed by atoms with E-state index >= 15 is 0 Å². The van der Waals surface area contributed by atoms with E-state index in [4.69, 9.17) is 0 Å². The lowest BCUT2D eigenvalue weighted by Crippen LogP contribution is -2.19. The van der Waals surface area contributed by atoms with Crippen LogP contribution in [0.3, 0.4) is 0 Å². The molecule has 4 rings (SSSR count). The number of aromatic amines is 1. The van der Waals surface area contributed by atoms with Gasteiger partial charge in [-0.25, -0.2) is 0 Å². The summed E-state index contributed by atoms with van der Waals surface area (Å²) in [4.78, 5) is 18.4. The maximum Gasteiger partial charge on any atom is 0.197 e. The third kappa shape index (κ3) is 1.63. The van der Waals surface area contributed by atoms with Crippen LogP contribution in [0.4, 0.5) is 5.69 Å². The number of benzene rings is 2. The first kappa shape index (κ1) is 11.5. The van der Waals surface area contributed by atoms with Crippen molar-refractivity contribution in [2.24, 2.45) is 0 Å². The van der Waals surface area contributed by atoms with Crippen LogP contribution in [-0.2, 0) is 0 Å². The molecule has 1 N–H and O–H groups in total. The number of nitrogens with zero attached hydrogens (tertiary/aromatic N) is 1. The predicted molar refractivity (Wildman–Crippen MR) is 83.5 cm³/mol. The van der Waals surface area contributed by atoms with Crippen molar-refractivity contribution in [2.75, 3.05) is 18.0 Å². The molecule has 0 amide bonds. The van der Waals surface area contributed by atoms with Crippen LogP contribution in [-0.4, -0.2) is 18.1 Å². The van der Waals surface area contributed by atoms with Crippen molar-refractivity contribution < 1.29 is 0 Å². The first-order valence-electron chi connectivity index (χ1n) is 7.13. The lowest BCUT2D eigenvalue weighted by Gasteiger charge is -2.19. The number of pyridine rings is 1. The largest absolute Gasteiger partial charge is 0.370 e. The van der Waals surface area contributed by atoms with E-state index in [1.807, 2.05) is 36.4 Å². The summed E-state index contributed by atoms with van der Waals surface area (Å²) in [7, 11) is 0. The second kappa shape index (κ2) is 4.37. The Morgan fingerprint density at radius 2 is 1.65 bits per heavy atom. The summed E-state index contributed by atoms with van der Waals surface area (Å²) in [5, 5.41) is 1.55. The van der Waals surface area contributed by atoms with Crippen molar-refractivity contribution in [2.45, 2.75) is 12.8 Å². The number of anilines is 1. The zero-order valence-electron chi connectivity index (χ0n) is 11.2. The fraction of sp³-hybridized carbons (Fsp3) is 0.235. The minimum atomic E-state index is 0.121. The van der Waals surface area contributed by atoms with Crippen molar-refractivity contribution in [3.8, 4) is 0 Å². The predicted octanol–water partition coefficient (Wildman–Crippen LogP) is 3.28. The number of aromatic nitrogens is 1. The highest BCUT2D eigenvalue weighted by atomic mass is 16.1. The molecule has 0 aliphatic carbocycles. The maximum atomic E-state index is 12.6. The summed E-state index contributed by atoms with van der Waals surface area (Å²) < 4.78 is 0. The van der Waals surface area contributed by atoms with Gasteiger partial charge in [0.2, 0.25) is 0 Å². The summed E-state index contributed by atoms with van der Waals surface area (Å²) >= 11 is 0. The van der Waals surface area contributed by atoms with E-state index in [9.17, 15) is 4.79 Å². The molecule has 20 heavy (non-hydrogen) atoms. The third-order valence-corrected chi connectivity index (χ3v) is 4.17. The van der Waals surface area contributed by atoms with Crippen LogP contribution in [0.2, 0.25) is 0 Å². The molecule has 1 aliphatic rings. The third-order valence-electron chi connectivity index (χ3n) is 4.17. The van der Waals surface area contributed by atoms with Crippen LogP contribution < -0.4 is 10.3 Å². The Labute approximate surface area is 116 Å². The second-order valence-corrected chi connectivity index (χ2v) is 5.39. The standard InChI is InChI=1S/C17H16N2O/c20-17-12-6-1-2-8-14(12)18-16-13(17)7-5-9-15(16)19-10-3-4-11-19/h1-2,5-9H,3-4,10-11H2,(H,18,20). The zero-order valence-corrected chi connectivity index (χ0v) is 11.2. The van der Waals surface area contributed by atoms with Crippen molar-refractivity contribution >= 4 is 27.5 Å². The molecule has 3 nitrogen and oxygen atoms in total. The monoisotopic (exact) mass is 264 g/mol. The molecule has 2 heterocycles. The Kier molecular flexibility index (Phi) is 2.52. The van der Waals surface area contributed by atoms with E-state index in [2.05, 4.69) is 16.0 Å². The molecule has 3 heteroatoms. The van der Waals surface area contributed by atoms with Gasteiger partial charge < -0.3 is 9.88 Å². The number of hydrogen-bond donors (Lipinski definition) is 1. The molecule has 100 valence electrons. The summed E-state index contributed by atoms with van der Waals surface area (Å²) in [6, 6.07) is 13.7. The number of H-pyrrole nitrogens is 1. The van der Waals surface area contributed by atoms with E-state index in [-0.39, 0.29) is 5.43 Å². The van der Waals surface area contributed by atoms with Gasteiger partial charge in [-0.1, -0.05) is 18.2 Å². The minimum Gasteiger partial charge on any atom is -0.370 e. The van der Waals surface area contributed by atoms with E-state index in [1.165, 1.54) is 12.8 Å². The molecule has 1 aliphatic heterocycles. The molecule has 1 aromatic heterocycles. The van der Waals surface area contributed by atoms with E-state index in [1.54, 1.807) is 0 Å². The normalized spacial score (nSPS) is 15.3. The molecule has 0 spiro atoms. The van der Waals surface area contributed by atoms with Crippen molar-refractivity contribution in [3.05, 3.63) is 52.7 Å². The molecule has 2 aromatic carbocycles. The molecule has 3 aromatic rings. The Balaban J connectivity index is 2.09. The van der Waals surface area contributed by atoms with Gasteiger partial charge in [0.05, 0.1) is 11.2 Å². The van der Waals surface area contributed by atoms with Gasteiger partial charge in [0.1, 0.15) is 0 Å². The van der Waals surface area contributed by atoms with Crippen LogP contribution >= 0.6 is 0 Å². The lowest BCUT2D eigenvalue weighted by atomic mass is 10.1. The molecule has 0 bridgehead atoms. The van der Waals surface area contributed by atoms with Gasteiger partial charge in [-0.15, -0.1) is 0 Å². The topological polar surface area (TPSA) is 36.1 Å². The Morgan fingerprint density at radius 3 is 2.50 bits per heavy atom. The highest BCUT2D eigenvalue weighted by Gasteiger charge is 2.16. The average molecular weight is 264 g/mol. The number of hydrogen-bond acceptors (Lipinski definition) is 2. The van der Waals surface area contributed by atoms with Gasteiger partial charge in [0, 0.05) is 29.4 Å². The van der Waals surface area contributed by atoms with E-state index < -0.39 is 0 Å². The fourth-order valence-corrected chi connectivity index (χ4v) is 3.15. The SMILES string of the molecule is O=c1c2ccccc2[nH]c2c(N3CCCC3)cccc12. The summed E-state index contributed by atoms with van der Waals surface area (Å²) in [6.45, 7) is 2.15. The van der Waals surface area contributed by atoms with Gasteiger partial charge in [-0.2, -0.15) is 0 Å². The van der Waals surface area contributed by atoms with Crippen LogP contribution in [0.25, 0.3) is 21.8 Å². The number of rotatable bonds is 1. The first-order valence-corrected chi connectivity index (χ1v) is 7.13. The first-order chi connectivity index (χ1) is 9.84. The minimum absolute atomic E-state index is 0.121. The second-order valence-electron chi connectivity index (χ2n) is 5.39. The van der Waals surface area contributed by atoms with Crippen molar-refractivity contribution in [1.82, 2.24) is 4.98 Å². The van der Waals surface area contributed by atoms with Gasteiger partial charge in [0.15, 0.2) is 5.43 Å². The Hall–Kier alpha value is -2.29. The molecule has 1 saturated heterocycles. The highest BCUT2D eigenvalue weighted by Crippen LogP contribution is 2.27. The molecule has 0 radical (unpaired) electrons. The molecular formula is C17H16N2O. The van der Waals surface area contributed by atoms with E-state index in [0.29, 0.717) is 0 Å². The van der Waals surface area contributed by atoms with Gasteiger partial charge in [0.25, 0.3) is 0 Å². The number of para-hydroxylation sites is 2. The summed E-state index contributed by atoms with van der Waals surface area (Å²) in [5.41, 5.74) is 3.16. The van der Waals surface area contributed by atoms with Crippen LogP contribution in [0.5, 0.6) is 0 Å². The summed E-state index contributed by atoms with van der Waals surface area (Å²) in [6.07, 6.45) is 2.46. The Bertz CT molecular complexity index is 844. The van der Waals surface area contributed by atoms with Crippen molar-refractivity contribution in [1.29, 1.82) is 0 Å². The van der Waals surface area contributed by atoms with E-state index in [0.717, 1.165) is 40.6 Å². The van der Waals surface area contributed by atoms with Crippen LogP contribution in [0, 0.1) is 0 Å². The molecule has 0 unspecified atom stereocenters. The molecular weight excluding hydrogens is 248 g/mol. The summed E-state index contributed by atoms with van der Waals surface area (Å²) in [5.74, 6) is 0. The highest BCUT2D eigenvalue weighted by molar-refractivity contribution is 5.98. The smallest absolute Gasteiger partial charge is 0.197 e.